The molecule has 0 atom stereocenters. The SMILES string of the molecule is C=CC(=O)Nc1cc(-c2nc3ccc4[nH]ncc4c3c3c2CCCC3)ccc1F. The maximum atomic E-state index is 14.2. The third-order valence-corrected chi connectivity index (χ3v) is 5.57. The first-order valence-corrected chi connectivity index (χ1v) is 9.66. The number of fused-ring (bicyclic) bond motifs is 5. The minimum atomic E-state index is -0.487. The largest absolute Gasteiger partial charge is 0.320 e. The highest BCUT2D eigenvalue weighted by atomic mass is 19.1. The molecule has 0 aliphatic heterocycles. The zero-order valence-electron chi connectivity index (χ0n) is 15.8. The summed E-state index contributed by atoms with van der Waals surface area (Å²) >= 11 is 0. The second-order valence-corrected chi connectivity index (χ2v) is 7.30. The number of hydrogen-bond acceptors (Lipinski definition) is 3. The smallest absolute Gasteiger partial charge is 0.247 e. The van der Waals surface area contributed by atoms with Crippen LogP contribution in [0.4, 0.5) is 10.1 Å². The van der Waals surface area contributed by atoms with E-state index in [2.05, 4.69) is 22.1 Å². The van der Waals surface area contributed by atoms with Gasteiger partial charge in [0.05, 0.1) is 28.6 Å². The summed E-state index contributed by atoms with van der Waals surface area (Å²) in [5.74, 6) is -0.935. The van der Waals surface area contributed by atoms with Gasteiger partial charge in [-0.05, 0) is 73.2 Å². The van der Waals surface area contributed by atoms with Crippen molar-refractivity contribution in [1.82, 2.24) is 15.2 Å². The number of nitrogens with one attached hydrogen (secondary N) is 2. The van der Waals surface area contributed by atoms with Crippen LogP contribution in [0.15, 0.2) is 49.2 Å². The molecule has 0 spiro atoms. The van der Waals surface area contributed by atoms with Crippen LogP contribution in [0.2, 0.25) is 0 Å². The second kappa shape index (κ2) is 6.81. The average molecular weight is 386 g/mol. The Kier molecular flexibility index (Phi) is 4.12. The molecule has 6 heteroatoms. The number of aromatic nitrogens is 3. The molecule has 2 N–H and O–H groups in total. The number of aryl methyl sites for hydroxylation is 1. The fourth-order valence-electron chi connectivity index (χ4n) is 4.24. The second-order valence-electron chi connectivity index (χ2n) is 7.30. The molecule has 2 heterocycles. The van der Waals surface area contributed by atoms with Crippen LogP contribution in [0.1, 0.15) is 24.0 Å². The van der Waals surface area contributed by atoms with Crippen molar-refractivity contribution >= 4 is 33.4 Å². The maximum Gasteiger partial charge on any atom is 0.247 e. The van der Waals surface area contributed by atoms with Crippen LogP contribution < -0.4 is 5.32 Å². The molecule has 5 rings (SSSR count). The van der Waals surface area contributed by atoms with E-state index in [1.807, 2.05) is 18.3 Å². The van der Waals surface area contributed by atoms with Crippen LogP contribution in [0.25, 0.3) is 33.1 Å². The summed E-state index contributed by atoms with van der Waals surface area (Å²) in [5, 5.41) is 12.0. The van der Waals surface area contributed by atoms with Crippen molar-refractivity contribution in [3.63, 3.8) is 0 Å². The highest BCUT2D eigenvalue weighted by Crippen LogP contribution is 2.38. The van der Waals surface area contributed by atoms with Crippen molar-refractivity contribution in [1.29, 1.82) is 0 Å². The normalized spacial score (nSPS) is 13.4. The zero-order chi connectivity index (χ0) is 20.0. The molecule has 0 saturated heterocycles. The molecule has 1 aliphatic rings. The number of anilines is 1. The van der Waals surface area contributed by atoms with Crippen molar-refractivity contribution < 1.29 is 9.18 Å². The lowest BCUT2D eigenvalue weighted by atomic mass is 9.85. The summed E-state index contributed by atoms with van der Waals surface area (Å²) in [6, 6.07) is 8.72. The van der Waals surface area contributed by atoms with Crippen LogP contribution >= 0.6 is 0 Å². The Balaban J connectivity index is 1.75. The molecule has 1 amide bonds. The fourth-order valence-corrected chi connectivity index (χ4v) is 4.24. The van der Waals surface area contributed by atoms with Gasteiger partial charge >= 0.3 is 0 Å². The molecule has 0 unspecified atom stereocenters. The number of H-pyrrole nitrogens is 1. The fraction of sp³-hybridized carbons (Fsp3) is 0.174. The lowest BCUT2D eigenvalue weighted by molar-refractivity contribution is -0.111. The Morgan fingerprint density at radius 1 is 1.17 bits per heavy atom. The molecule has 0 bridgehead atoms. The molecule has 0 saturated carbocycles. The number of rotatable bonds is 3. The van der Waals surface area contributed by atoms with Gasteiger partial charge in [-0.2, -0.15) is 5.10 Å². The predicted molar refractivity (Wildman–Crippen MR) is 112 cm³/mol. The van der Waals surface area contributed by atoms with Crippen molar-refractivity contribution in [3.05, 3.63) is 66.1 Å². The summed E-state index contributed by atoms with van der Waals surface area (Å²) in [7, 11) is 0. The van der Waals surface area contributed by atoms with E-state index in [4.69, 9.17) is 4.98 Å². The van der Waals surface area contributed by atoms with Gasteiger partial charge in [-0.15, -0.1) is 0 Å². The van der Waals surface area contributed by atoms with Gasteiger partial charge in [0.2, 0.25) is 5.91 Å². The van der Waals surface area contributed by atoms with Crippen LogP contribution in [-0.4, -0.2) is 21.1 Å². The number of aromatic amines is 1. The van der Waals surface area contributed by atoms with Gasteiger partial charge in [-0.3, -0.25) is 9.89 Å². The van der Waals surface area contributed by atoms with E-state index in [-0.39, 0.29) is 5.69 Å². The Morgan fingerprint density at radius 3 is 2.83 bits per heavy atom. The van der Waals surface area contributed by atoms with Crippen LogP contribution in [0.5, 0.6) is 0 Å². The maximum absolute atomic E-state index is 14.2. The van der Waals surface area contributed by atoms with Gasteiger partial charge in [0, 0.05) is 16.3 Å². The van der Waals surface area contributed by atoms with Crippen molar-refractivity contribution in [3.8, 4) is 11.3 Å². The molecule has 29 heavy (non-hydrogen) atoms. The van der Waals surface area contributed by atoms with Gasteiger partial charge in [0.25, 0.3) is 0 Å². The van der Waals surface area contributed by atoms with Crippen molar-refractivity contribution in [2.45, 2.75) is 25.7 Å². The average Bonchev–Trinajstić information content (AvgIpc) is 3.23. The van der Waals surface area contributed by atoms with Gasteiger partial charge in [0.15, 0.2) is 0 Å². The van der Waals surface area contributed by atoms with E-state index in [9.17, 15) is 9.18 Å². The van der Waals surface area contributed by atoms with E-state index in [0.717, 1.165) is 64.8 Å². The molecule has 2 aromatic carbocycles. The van der Waals surface area contributed by atoms with Gasteiger partial charge in [-0.25, -0.2) is 9.37 Å². The van der Waals surface area contributed by atoms with E-state index in [0.29, 0.717) is 0 Å². The van der Waals surface area contributed by atoms with Crippen LogP contribution in [-0.2, 0) is 17.6 Å². The summed E-state index contributed by atoms with van der Waals surface area (Å²) in [6.07, 6.45) is 7.10. The number of hydrogen-bond donors (Lipinski definition) is 2. The Hall–Kier alpha value is -3.54. The molecule has 144 valence electrons. The van der Waals surface area contributed by atoms with Crippen LogP contribution in [0.3, 0.4) is 0 Å². The summed E-state index contributed by atoms with van der Waals surface area (Å²) in [6.45, 7) is 3.42. The summed E-state index contributed by atoms with van der Waals surface area (Å²) in [4.78, 5) is 16.6. The molecule has 5 nitrogen and oxygen atoms in total. The number of amides is 1. The van der Waals surface area contributed by atoms with Crippen molar-refractivity contribution in [2.24, 2.45) is 0 Å². The van der Waals surface area contributed by atoms with E-state index in [1.165, 1.54) is 17.2 Å². The third kappa shape index (κ3) is 2.88. The summed E-state index contributed by atoms with van der Waals surface area (Å²) in [5.41, 5.74) is 6.16. The highest BCUT2D eigenvalue weighted by Gasteiger charge is 2.21. The lowest BCUT2D eigenvalue weighted by Gasteiger charge is -2.22. The quantitative estimate of drug-likeness (QED) is 0.491. The van der Waals surface area contributed by atoms with Crippen LogP contribution in [0, 0.1) is 5.82 Å². The predicted octanol–water partition coefficient (Wildman–Crippen LogP) is 4.92. The third-order valence-electron chi connectivity index (χ3n) is 5.57. The molecule has 1 aliphatic carbocycles. The minimum absolute atomic E-state index is 0.129. The zero-order valence-corrected chi connectivity index (χ0v) is 15.8. The highest BCUT2D eigenvalue weighted by molar-refractivity contribution is 6.08. The van der Waals surface area contributed by atoms with Gasteiger partial charge < -0.3 is 5.32 Å². The monoisotopic (exact) mass is 386 g/mol. The standard InChI is InChI=1S/C23H19FN4O/c1-2-21(29)26-20-11-13(7-8-17(20)24)23-15-6-4-3-5-14(15)22-16-12-25-28-18(16)9-10-19(22)27-23/h2,7-12H,1,3-6H2,(H,25,28)(H,26,29). The first-order valence-electron chi connectivity index (χ1n) is 9.66. The summed E-state index contributed by atoms with van der Waals surface area (Å²) < 4.78 is 14.2. The number of nitrogens with zero attached hydrogens (tertiary/aromatic N) is 2. The van der Waals surface area contributed by atoms with Crippen molar-refractivity contribution in [2.75, 3.05) is 5.32 Å². The van der Waals surface area contributed by atoms with Gasteiger partial charge in [0.1, 0.15) is 5.82 Å². The number of halogens is 1. The number of benzene rings is 2. The lowest BCUT2D eigenvalue weighted by Crippen LogP contribution is -2.10. The number of carbonyl (C=O) groups excluding carboxylic acids is 1. The molecular weight excluding hydrogens is 367 g/mol. The molecule has 2 aromatic heterocycles. The Labute approximate surface area is 166 Å². The van der Waals surface area contributed by atoms with E-state index < -0.39 is 11.7 Å². The minimum Gasteiger partial charge on any atom is -0.320 e. The Bertz CT molecular complexity index is 1290. The topological polar surface area (TPSA) is 70.7 Å². The first-order chi connectivity index (χ1) is 14.2. The molecular formula is C23H19FN4O. The first kappa shape index (κ1) is 17.6. The number of carbonyl (C=O) groups is 1. The molecule has 0 fully saturated rings. The van der Waals surface area contributed by atoms with E-state index in [1.54, 1.807) is 12.1 Å². The number of pyridine rings is 1. The van der Waals surface area contributed by atoms with Gasteiger partial charge in [-0.1, -0.05) is 6.58 Å². The molecule has 0 radical (unpaired) electrons. The van der Waals surface area contributed by atoms with E-state index >= 15 is 0 Å². The molecule has 4 aromatic rings. The Morgan fingerprint density at radius 2 is 2.00 bits per heavy atom.